The lowest BCUT2D eigenvalue weighted by Crippen LogP contribution is -2.00. The molecule has 0 saturated heterocycles. The van der Waals surface area contributed by atoms with Crippen molar-refractivity contribution in [3.05, 3.63) is 0 Å². The van der Waals surface area contributed by atoms with E-state index in [-0.39, 0.29) is 0 Å². The van der Waals surface area contributed by atoms with Crippen LogP contribution in [0.15, 0.2) is 0 Å². The van der Waals surface area contributed by atoms with Gasteiger partial charge in [0.2, 0.25) is 0 Å². The first-order chi connectivity index (χ1) is 4.17. The molecule has 1 nitrogen and oxygen atoms in total. The Kier molecular flexibility index (Phi) is 1.80. The summed E-state index contributed by atoms with van der Waals surface area (Å²) in [5.41, 5.74) is 6.06. The van der Waals surface area contributed by atoms with Crippen LogP contribution in [0.4, 0.5) is 0 Å². The van der Waals surface area contributed by atoms with E-state index in [4.69, 9.17) is 5.73 Å². The summed E-state index contributed by atoms with van der Waals surface area (Å²) < 4.78 is 0. The smallest absolute Gasteiger partial charge is 0.00772 e. The minimum Gasteiger partial charge on any atom is -0.330 e. The first kappa shape index (κ1) is 7.07. The highest BCUT2D eigenvalue weighted by Crippen LogP contribution is 2.53. The van der Waals surface area contributed by atoms with Gasteiger partial charge in [-0.2, -0.15) is 0 Å². The van der Waals surface area contributed by atoms with Gasteiger partial charge in [-0.1, -0.05) is 13.8 Å². The zero-order chi connectivity index (χ0) is 6.91. The molecule has 0 heterocycles. The van der Waals surface area contributed by atoms with Gasteiger partial charge in [0.15, 0.2) is 0 Å². The predicted octanol–water partition coefficient (Wildman–Crippen LogP) is 1.77. The molecule has 0 bridgehead atoms. The minimum atomic E-state index is 0.662. The summed E-state index contributed by atoms with van der Waals surface area (Å²) in [6.07, 6.45) is 3.99. The van der Waals surface area contributed by atoms with Gasteiger partial charge >= 0.3 is 0 Å². The van der Waals surface area contributed by atoms with Crippen LogP contribution in [-0.2, 0) is 0 Å². The van der Waals surface area contributed by atoms with Gasteiger partial charge in [-0.3, -0.25) is 0 Å². The van der Waals surface area contributed by atoms with Crippen LogP contribution in [0.25, 0.3) is 0 Å². The van der Waals surface area contributed by atoms with E-state index in [9.17, 15) is 0 Å². The summed E-state index contributed by atoms with van der Waals surface area (Å²) in [4.78, 5) is 0. The summed E-state index contributed by atoms with van der Waals surface area (Å²) in [5.74, 6) is 0.987. The first-order valence-corrected chi connectivity index (χ1v) is 3.87. The summed E-state index contributed by atoms with van der Waals surface area (Å²) >= 11 is 0. The van der Waals surface area contributed by atoms with E-state index in [1.54, 1.807) is 0 Å². The van der Waals surface area contributed by atoms with Gasteiger partial charge in [-0.25, -0.2) is 0 Å². The molecule has 1 saturated carbocycles. The molecular formula is C8H17N. The van der Waals surface area contributed by atoms with E-state index in [0.717, 1.165) is 12.5 Å². The molecule has 54 valence electrons. The summed E-state index contributed by atoms with van der Waals surface area (Å²) in [6.45, 7) is 5.55. The molecule has 1 atom stereocenters. The van der Waals surface area contributed by atoms with Gasteiger partial charge in [-0.15, -0.1) is 0 Å². The van der Waals surface area contributed by atoms with Crippen molar-refractivity contribution in [2.24, 2.45) is 17.1 Å². The van der Waals surface area contributed by atoms with Crippen LogP contribution >= 0.6 is 0 Å². The normalized spacial score (nSPS) is 30.3. The third-order valence-electron chi connectivity index (χ3n) is 2.47. The molecule has 0 radical (unpaired) electrons. The predicted molar refractivity (Wildman–Crippen MR) is 40.2 cm³/mol. The summed E-state index contributed by atoms with van der Waals surface area (Å²) in [6, 6.07) is 0. The average Bonchev–Trinajstić information content (AvgIpc) is 2.35. The minimum absolute atomic E-state index is 0.662. The zero-order valence-corrected chi connectivity index (χ0v) is 6.48. The van der Waals surface area contributed by atoms with Crippen LogP contribution in [0, 0.1) is 11.3 Å². The van der Waals surface area contributed by atoms with Crippen LogP contribution in [0.5, 0.6) is 0 Å². The molecule has 0 aliphatic heterocycles. The molecule has 1 rings (SSSR count). The molecule has 1 heteroatoms. The lowest BCUT2D eigenvalue weighted by Gasteiger charge is -1.99. The third-order valence-corrected chi connectivity index (χ3v) is 2.47. The van der Waals surface area contributed by atoms with Crippen molar-refractivity contribution in [2.45, 2.75) is 33.1 Å². The molecule has 1 aliphatic rings. The Hall–Kier alpha value is -0.0400. The molecule has 0 spiro atoms. The number of nitrogens with two attached hydrogens (primary N) is 1. The van der Waals surface area contributed by atoms with Gasteiger partial charge < -0.3 is 5.73 Å². The quantitative estimate of drug-likeness (QED) is 0.614. The van der Waals surface area contributed by atoms with Crippen LogP contribution in [0.1, 0.15) is 33.1 Å². The van der Waals surface area contributed by atoms with Crippen molar-refractivity contribution in [1.29, 1.82) is 0 Å². The van der Waals surface area contributed by atoms with Gasteiger partial charge in [-0.05, 0) is 37.1 Å². The largest absolute Gasteiger partial charge is 0.330 e. The van der Waals surface area contributed by atoms with Crippen molar-refractivity contribution in [3.63, 3.8) is 0 Å². The highest BCUT2D eigenvalue weighted by molar-refractivity contribution is 4.94. The second-order valence-corrected chi connectivity index (χ2v) is 3.82. The standard InChI is InChI=1S/C8H17N/c1-8(2)6-7(8)4-3-5-9/h7H,3-6,9H2,1-2H3. The molecule has 2 N–H and O–H groups in total. The number of rotatable bonds is 3. The van der Waals surface area contributed by atoms with Gasteiger partial charge in [0.25, 0.3) is 0 Å². The fraction of sp³-hybridized carbons (Fsp3) is 1.00. The topological polar surface area (TPSA) is 26.0 Å². The molecule has 1 aliphatic carbocycles. The maximum absolute atomic E-state index is 5.39. The van der Waals surface area contributed by atoms with Crippen molar-refractivity contribution in [1.82, 2.24) is 0 Å². The maximum Gasteiger partial charge on any atom is -0.00772 e. The molecule has 0 aromatic rings. The fourth-order valence-corrected chi connectivity index (χ4v) is 1.43. The zero-order valence-electron chi connectivity index (χ0n) is 6.48. The molecule has 0 aromatic heterocycles. The lowest BCUT2D eigenvalue weighted by atomic mass is 10.1. The maximum atomic E-state index is 5.39. The Morgan fingerprint density at radius 2 is 2.11 bits per heavy atom. The highest BCUT2D eigenvalue weighted by Gasteiger charge is 2.44. The Morgan fingerprint density at radius 1 is 1.56 bits per heavy atom. The van der Waals surface area contributed by atoms with Crippen LogP contribution in [-0.4, -0.2) is 6.54 Å². The van der Waals surface area contributed by atoms with E-state index in [1.807, 2.05) is 0 Å². The monoisotopic (exact) mass is 127 g/mol. The first-order valence-electron chi connectivity index (χ1n) is 3.87. The van der Waals surface area contributed by atoms with Gasteiger partial charge in [0.1, 0.15) is 0 Å². The molecule has 9 heavy (non-hydrogen) atoms. The Bertz CT molecular complexity index is 96.7. The van der Waals surface area contributed by atoms with Crippen molar-refractivity contribution in [2.75, 3.05) is 6.54 Å². The van der Waals surface area contributed by atoms with Gasteiger partial charge in [0, 0.05) is 0 Å². The molecule has 0 aromatic carbocycles. The lowest BCUT2D eigenvalue weighted by molar-refractivity contribution is 0.521. The molecule has 0 amide bonds. The molecule has 1 unspecified atom stereocenters. The Labute approximate surface area is 57.6 Å². The SMILES string of the molecule is CC1(C)CC1CCCN. The summed E-state index contributed by atoms with van der Waals surface area (Å²) in [7, 11) is 0. The number of hydrogen-bond acceptors (Lipinski definition) is 1. The molecule has 1 fully saturated rings. The van der Waals surface area contributed by atoms with Crippen LogP contribution in [0.2, 0.25) is 0 Å². The second kappa shape index (κ2) is 2.30. The molecular weight excluding hydrogens is 110 g/mol. The van der Waals surface area contributed by atoms with E-state index >= 15 is 0 Å². The fourth-order valence-electron chi connectivity index (χ4n) is 1.43. The van der Waals surface area contributed by atoms with Crippen molar-refractivity contribution in [3.8, 4) is 0 Å². The van der Waals surface area contributed by atoms with Gasteiger partial charge in [0.05, 0.1) is 0 Å². The van der Waals surface area contributed by atoms with Crippen molar-refractivity contribution >= 4 is 0 Å². The third kappa shape index (κ3) is 1.68. The van der Waals surface area contributed by atoms with E-state index < -0.39 is 0 Å². The second-order valence-electron chi connectivity index (χ2n) is 3.82. The highest BCUT2D eigenvalue weighted by atomic mass is 14.5. The Balaban J connectivity index is 2.06. The van der Waals surface area contributed by atoms with E-state index in [0.29, 0.717) is 5.41 Å². The van der Waals surface area contributed by atoms with Crippen LogP contribution < -0.4 is 5.73 Å². The van der Waals surface area contributed by atoms with Crippen molar-refractivity contribution < 1.29 is 0 Å². The Morgan fingerprint density at radius 3 is 2.44 bits per heavy atom. The van der Waals surface area contributed by atoms with E-state index in [1.165, 1.54) is 19.3 Å². The summed E-state index contributed by atoms with van der Waals surface area (Å²) in [5, 5.41) is 0. The number of hydrogen-bond donors (Lipinski definition) is 1. The van der Waals surface area contributed by atoms with Crippen LogP contribution in [0.3, 0.4) is 0 Å². The van der Waals surface area contributed by atoms with E-state index in [2.05, 4.69) is 13.8 Å². The average molecular weight is 127 g/mol.